The van der Waals surface area contributed by atoms with Gasteiger partial charge in [-0.2, -0.15) is 0 Å². The van der Waals surface area contributed by atoms with Crippen LogP contribution in [0, 0.1) is 0 Å². The second kappa shape index (κ2) is 3.93. The van der Waals surface area contributed by atoms with Crippen LogP contribution in [0.1, 0.15) is 34.1 Å². The maximum Gasteiger partial charge on any atom is 0.190 e. The maximum absolute atomic E-state index is 12.0. The van der Waals surface area contributed by atoms with E-state index < -0.39 is 0 Å². The van der Waals surface area contributed by atoms with Crippen LogP contribution in [0.3, 0.4) is 0 Å². The van der Waals surface area contributed by atoms with Gasteiger partial charge in [0.2, 0.25) is 0 Å². The van der Waals surface area contributed by atoms with E-state index in [1.807, 2.05) is 6.92 Å². The van der Waals surface area contributed by atoms with Gasteiger partial charge in [-0.15, -0.1) is 0 Å². The Labute approximate surface area is 93.7 Å². The number of ketones is 2. The van der Waals surface area contributed by atoms with E-state index in [1.54, 1.807) is 18.2 Å². The lowest BCUT2D eigenvalue weighted by Crippen LogP contribution is -2.16. The third-order valence-corrected chi connectivity index (χ3v) is 2.71. The number of Topliss-reactive ketones (excluding diaryl/α,β-unsaturated/α-hetero) is 1. The molecular weight excluding hydrogens is 204 g/mol. The van der Waals surface area contributed by atoms with Gasteiger partial charge in [0, 0.05) is 16.7 Å². The van der Waals surface area contributed by atoms with Crippen molar-refractivity contribution in [2.24, 2.45) is 0 Å². The molecule has 0 saturated carbocycles. The van der Waals surface area contributed by atoms with Crippen LogP contribution in [0.15, 0.2) is 29.8 Å². The number of rotatable bonds is 2. The van der Waals surface area contributed by atoms with Crippen molar-refractivity contribution in [3.8, 4) is 5.75 Å². The molecule has 0 heterocycles. The number of methoxy groups -OCH3 is 1. The molecule has 16 heavy (non-hydrogen) atoms. The highest BCUT2D eigenvalue weighted by Gasteiger charge is 2.24. The van der Waals surface area contributed by atoms with E-state index in [0.29, 0.717) is 28.9 Å². The fourth-order valence-corrected chi connectivity index (χ4v) is 1.79. The van der Waals surface area contributed by atoms with Crippen molar-refractivity contribution in [1.29, 1.82) is 0 Å². The molecule has 0 aliphatic heterocycles. The quantitative estimate of drug-likeness (QED) is 0.762. The van der Waals surface area contributed by atoms with Gasteiger partial charge in [0.1, 0.15) is 5.75 Å². The van der Waals surface area contributed by atoms with Crippen LogP contribution < -0.4 is 4.74 Å². The SMILES string of the molecule is CCC1=CC(=O)c2ccc(OC)cc2C1=O. The number of carbonyl (C=O) groups is 2. The number of benzene rings is 1. The van der Waals surface area contributed by atoms with Gasteiger partial charge in [0.15, 0.2) is 11.6 Å². The summed E-state index contributed by atoms with van der Waals surface area (Å²) < 4.78 is 5.05. The molecule has 0 saturated heterocycles. The molecule has 0 atom stereocenters. The summed E-state index contributed by atoms with van der Waals surface area (Å²) in [7, 11) is 1.54. The van der Waals surface area contributed by atoms with Crippen molar-refractivity contribution in [3.05, 3.63) is 41.0 Å². The molecule has 82 valence electrons. The number of ether oxygens (including phenoxy) is 1. The molecule has 1 aliphatic carbocycles. The zero-order valence-corrected chi connectivity index (χ0v) is 9.24. The predicted octanol–water partition coefficient (Wildman–Crippen LogP) is 2.41. The lowest BCUT2D eigenvalue weighted by atomic mass is 9.88. The Morgan fingerprint density at radius 3 is 2.56 bits per heavy atom. The smallest absolute Gasteiger partial charge is 0.190 e. The van der Waals surface area contributed by atoms with Gasteiger partial charge in [0.25, 0.3) is 0 Å². The van der Waals surface area contributed by atoms with Crippen molar-refractivity contribution in [2.45, 2.75) is 13.3 Å². The lowest BCUT2D eigenvalue weighted by Gasteiger charge is -2.14. The fraction of sp³-hybridized carbons (Fsp3) is 0.231. The van der Waals surface area contributed by atoms with Crippen molar-refractivity contribution in [3.63, 3.8) is 0 Å². The van der Waals surface area contributed by atoms with E-state index in [2.05, 4.69) is 0 Å². The molecule has 1 aromatic rings. The Bertz CT molecular complexity index is 498. The van der Waals surface area contributed by atoms with Gasteiger partial charge in [0.05, 0.1) is 7.11 Å². The Balaban J connectivity index is 2.58. The van der Waals surface area contributed by atoms with Crippen molar-refractivity contribution in [2.75, 3.05) is 7.11 Å². The maximum atomic E-state index is 12.0. The highest BCUT2D eigenvalue weighted by molar-refractivity contribution is 6.24. The number of fused-ring (bicyclic) bond motifs is 1. The van der Waals surface area contributed by atoms with E-state index in [9.17, 15) is 9.59 Å². The van der Waals surface area contributed by atoms with E-state index in [-0.39, 0.29) is 11.6 Å². The molecule has 2 rings (SSSR count). The molecule has 0 amide bonds. The second-order valence-electron chi connectivity index (χ2n) is 3.63. The Hall–Kier alpha value is -1.90. The molecule has 0 radical (unpaired) electrons. The summed E-state index contributed by atoms with van der Waals surface area (Å²) in [5.74, 6) is 0.419. The van der Waals surface area contributed by atoms with Gasteiger partial charge in [-0.25, -0.2) is 0 Å². The zero-order chi connectivity index (χ0) is 11.7. The fourth-order valence-electron chi connectivity index (χ4n) is 1.79. The number of hydrogen-bond donors (Lipinski definition) is 0. The van der Waals surface area contributed by atoms with Gasteiger partial charge >= 0.3 is 0 Å². The van der Waals surface area contributed by atoms with Crippen LogP contribution in [0.2, 0.25) is 0 Å². The Morgan fingerprint density at radius 2 is 1.94 bits per heavy atom. The van der Waals surface area contributed by atoms with E-state index in [1.165, 1.54) is 13.2 Å². The average molecular weight is 216 g/mol. The monoisotopic (exact) mass is 216 g/mol. The number of hydrogen-bond acceptors (Lipinski definition) is 3. The Kier molecular flexibility index (Phi) is 2.60. The molecule has 3 nitrogen and oxygen atoms in total. The highest BCUT2D eigenvalue weighted by Crippen LogP contribution is 2.26. The Morgan fingerprint density at radius 1 is 1.19 bits per heavy atom. The van der Waals surface area contributed by atoms with Crippen molar-refractivity contribution < 1.29 is 14.3 Å². The largest absolute Gasteiger partial charge is 0.497 e. The van der Waals surface area contributed by atoms with Gasteiger partial charge in [-0.3, -0.25) is 9.59 Å². The summed E-state index contributed by atoms with van der Waals surface area (Å²) in [6.07, 6.45) is 2.00. The minimum Gasteiger partial charge on any atom is -0.497 e. The topological polar surface area (TPSA) is 43.4 Å². The van der Waals surface area contributed by atoms with Crippen molar-refractivity contribution >= 4 is 11.6 Å². The molecule has 1 aliphatic rings. The zero-order valence-electron chi connectivity index (χ0n) is 9.24. The van der Waals surface area contributed by atoms with E-state index in [0.717, 1.165) is 0 Å². The molecule has 0 aromatic heterocycles. The van der Waals surface area contributed by atoms with Gasteiger partial charge in [-0.05, 0) is 30.7 Å². The summed E-state index contributed by atoms with van der Waals surface area (Å²) in [5, 5.41) is 0. The van der Waals surface area contributed by atoms with Crippen LogP contribution >= 0.6 is 0 Å². The van der Waals surface area contributed by atoms with Crippen molar-refractivity contribution in [1.82, 2.24) is 0 Å². The standard InChI is InChI=1S/C13H12O3/c1-3-8-6-12(14)10-5-4-9(16-2)7-11(10)13(8)15/h4-7H,3H2,1-2H3. The van der Waals surface area contributed by atoms with Gasteiger partial charge < -0.3 is 4.74 Å². The molecular formula is C13H12O3. The summed E-state index contributed by atoms with van der Waals surface area (Å²) in [5.41, 5.74) is 1.47. The second-order valence-corrected chi connectivity index (χ2v) is 3.63. The molecule has 0 unspecified atom stereocenters. The first-order chi connectivity index (χ1) is 7.67. The molecule has 1 aromatic carbocycles. The summed E-state index contributed by atoms with van der Waals surface area (Å²) in [4.78, 5) is 23.7. The molecule has 0 N–H and O–H groups in total. The molecule has 3 heteroatoms. The highest BCUT2D eigenvalue weighted by atomic mass is 16.5. The van der Waals surface area contributed by atoms with E-state index in [4.69, 9.17) is 4.74 Å². The van der Waals surface area contributed by atoms with Crippen LogP contribution in [-0.4, -0.2) is 18.7 Å². The molecule has 0 spiro atoms. The lowest BCUT2D eigenvalue weighted by molar-refractivity contribution is 0.0981. The van der Waals surface area contributed by atoms with Crippen LogP contribution in [0.5, 0.6) is 5.75 Å². The first-order valence-corrected chi connectivity index (χ1v) is 5.15. The summed E-state index contributed by atoms with van der Waals surface area (Å²) in [6.45, 7) is 1.86. The van der Waals surface area contributed by atoms with Crippen LogP contribution in [-0.2, 0) is 0 Å². The number of carbonyl (C=O) groups excluding carboxylic acids is 2. The van der Waals surface area contributed by atoms with Crippen LogP contribution in [0.25, 0.3) is 0 Å². The average Bonchev–Trinajstić information content (AvgIpc) is 2.33. The number of allylic oxidation sites excluding steroid dienone is 2. The third-order valence-electron chi connectivity index (χ3n) is 2.71. The minimum absolute atomic E-state index is 0.0731. The first-order valence-electron chi connectivity index (χ1n) is 5.15. The third kappa shape index (κ3) is 1.54. The van der Waals surface area contributed by atoms with Gasteiger partial charge in [-0.1, -0.05) is 6.92 Å². The van der Waals surface area contributed by atoms with Crippen LogP contribution in [0.4, 0.5) is 0 Å². The molecule has 0 fully saturated rings. The minimum atomic E-state index is -0.103. The molecule has 0 bridgehead atoms. The summed E-state index contributed by atoms with van der Waals surface area (Å²) >= 11 is 0. The van der Waals surface area contributed by atoms with E-state index >= 15 is 0 Å². The first kappa shape index (κ1) is 10.6. The summed E-state index contributed by atoms with van der Waals surface area (Å²) in [6, 6.07) is 4.95. The normalized spacial score (nSPS) is 14.5. The predicted molar refractivity (Wildman–Crippen MR) is 60.0 cm³/mol.